The molecule has 1 unspecified atom stereocenters. The van der Waals surface area contributed by atoms with Gasteiger partial charge in [-0.2, -0.15) is 0 Å². The Morgan fingerprint density at radius 1 is 1.52 bits per heavy atom. The Hall–Kier alpha value is -2.48. The highest BCUT2D eigenvalue weighted by Gasteiger charge is 2.25. The number of nitrogens with one attached hydrogen (secondary N) is 1. The highest BCUT2D eigenvalue weighted by atomic mass is 32.1. The monoisotopic (exact) mass is 310 g/mol. The van der Waals surface area contributed by atoms with E-state index < -0.39 is 28.4 Å². The molecule has 0 radical (unpaired) electrons. The Balaban J connectivity index is 2.43. The fourth-order valence-corrected chi connectivity index (χ4v) is 2.57. The van der Waals surface area contributed by atoms with Crippen LogP contribution in [0.25, 0.3) is 0 Å². The maximum absolute atomic E-state index is 13.4. The lowest BCUT2D eigenvalue weighted by atomic mass is 10.1. The van der Waals surface area contributed by atoms with E-state index in [4.69, 9.17) is 0 Å². The van der Waals surface area contributed by atoms with Crippen molar-refractivity contribution in [2.45, 2.75) is 13.0 Å². The number of aryl methyl sites for hydroxylation is 1. The summed E-state index contributed by atoms with van der Waals surface area (Å²) >= 11 is 1.21. The molecule has 1 atom stereocenters. The number of nitro groups is 1. The van der Waals surface area contributed by atoms with Crippen molar-refractivity contribution in [2.75, 3.05) is 5.32 Å². The van der Waals surface area contributed by atoms with E-state index in [1.807, 2.05) is 0 Å². The number of nitro benzene ring substituents is 1. The van der Waals surface area contributed by atoms with Crippen molar-refractivity contribution in [2.24, 2.45) is 0 Å². The van der Waals surface area contributed by atoms with Crippen LogP contribution in [-0.4, -0.2) is 16.0 Å². The maximum Gasteiger partial charge on any atom is 0.331 e. The summed E-state index contributed by atoms with van der Waals surface area (Å²) in [7, 11) is 0. The van der Waals surface area contributed by atoms with Gasteiger partial charge in [-0.3, -0.25) is 10.1 Å². The van der Waals surface area contributed by atoms with Gasteiger partial charge in [-0.1, -0.05) is 6.07 Å². The summed E-state index contributed by atoms with van der Waals surface area (Å²) < 4.78 is 13.4. The van der Waals surface area contributed by atoms with Crippen molar-refractivity contribution < 1.29 is 19.2 Å². The first-order valence-corrected chi connectivity index (χ1v) is 6.75. The van der Waals surface area contributed by atoms with E-state index in [1.54, 1.807) is 17.5 Å². The van der Waals surface area contributed by atoms with E-state index in [9.17, 15) is 24.4 Å². The molecule has 0 bridgehead atoms. The highest BCUT2D eigenvalue weighted by Crippen LogP contribution is 2.32. The number of aliphatic carboxylic acids is 1. The maximum atomic E-state index is 13.4. The fourth-order valence-electron chi connectivity index (χ4n) is 1.80. The number of rotatable bonds is 5. The van der Waals surface area contributed by atoms with E-state index in [-0.39, 0.29) is 11.3 Å². The van der Waals surface area contributed by atoms with E-state index in [1.165, 1.54) is 24.3 Å². The van der Waals surface area contributed by atoms with Crippen LogP contribution in [-0.2, 0) is 4.79 Å². The van der Waals surface area contributed by atoms with Gasteiger partial charge in [-0.25, -0.2) is 9.18 Å². The number of carboxylic acid groups (broad SMARTS) is 1. The van der Waals surface area contributed by atoms with Crippen LogP contribution in [0.3, 0.4) is 0 Å². The average molecular weight is 310 g/mol. The third-order valence-corrected chi connectivity index (χ3v) is 3.79. The second kappa shape index (κ2) is 5.88. The van der Waals surface area contributed by atoms with E-state index in [0.717, 1.165) is 6.07 Å². The molecule has 2 rings (SSSR count). The summed E-state index contributed by atoms with van der Waals surface area (Å²) in [4.78, 5) is 22.1. The van der Waals surface area contributed by atoms with Crippen LogP contribution in [0.15, 0.2) is 29.6 Å². The van der Waals surface area contributed by atoms with Gasteiger partial charge in [0.1, 0.15) is 11.5 Å². The summed E-state index contributed by atoms with van der Waals surface area (Å²) in [5.74, 6) is -1.89. The van der Waals surface area contributed by atoms with Gasteiger partial charge in [-0.05, 0) is 30.0 Å². The lowest BCUT2D eigenvalue weighted by molar-refractivity contribution is -0.384. The van der Waals surface area contributed by atoms with E-state index >= 15 is 0 Å². The predicted octanol–water partition coefficient (Wildman–Crippen LogP) is 3.34. The Bertz CT molecular complexity index is 688. The van der Waals surface area contributed by atoms with Crippen molar-refractivity contribution in [3.8, 4) is 0 Å². The minimum Gasteiger partial charge on any atom is -0.479 e. The average Bonchev–Trinajstić information content (AvgIpc) is 2.92. The summed E-state index contributed by atoms with van der Waals surface area (Å²) in [6.45, 7) is 1.45. The molecule has 6 nitrogen and oxygen atoms in total. The number of thiophene rings is 1. The Kier molecular flexibility index (Phi) is 4.18. The Labute approximate surface area is 123 Å². The number of anilines is 1. The number of hydrogen-bond acceptors (Lipinski definition) is 5. The first-order valence-electron chi connectivity index (χ1n) is 5.87. The SMILES string of the molecule is Cc1cc(NC(C(=O)O)c2cccs2)c([N+](=O)[O-])cc1F. The van der Waals surface area contributed by atoms with Crippen LogP contribution in [0.4, 0.5) is 15.8 Å². The van der Waals surface area contributed by atoms with Crippen molar-refractivity contribution >= 4 is 28.7 Å². The van der Waals surface area contributed by atoms with Gasteiger partial charge < -0.3 is 10.4 Å². The number of carboxylic acids is 1. The molecule has 2 N–H and O–H groups in total. The van der Waals surface area contributed by atoms with Crippen LogP contribution in [0.5, 0.6) is 0 Å². The lowest BCUT2D eigenvalue weighted by Crippen LogP contribution is -2.20. The topological polar surface area (TPSA) is 92.5 Å². The molecule has 1 aromatic heterocycles. The number of halogens is 1. The highest BCUT2D eigenvalue weighted by molar-refractivity contribution is 7.10. The van der Waals surface area contributed by atoms with Gasteiger partial charge in [-0.15, -0.1) is 11.3 Å². The van der Waals surface area contributed by atoms with Gasteiger partial charge in [0.25, 0.3) is 5.69 Å². The first kappa shape index (κ1) is 14.9. The number of carbonyl (C=O) groups is 1. The molecule has 2 aromatic rings. The number of nitrogens with zero attached hydrogens (tertiary/aromatic N) is 1. The van der Waals surface area contributed by atoms with Crippen molar-refractivity contribution in [3.05, 3.63) is 56.0 Å². The van der Waals surface area contributed by atoms with Gasteiger partial charge in [0.2, 0.25) is 0 Å². The molecule has 21 heavy (non-hydrogen) atoms. The summed E-state index contributed by atoms with van der Waals surface area (Å²) in [6, 6.07) is 4.18. The number of hydrogen-bond donors (Lipinski definition) is 2. The summed E-state index contributed by atoms with van der Waals surface area (Å²) in [5, 5.41) is 24.5. The normalized spacial score (nSPS) is 11.9. The molecule has 0 aliphatic rings. The van der Waals surface area contributed by atoms with Crippen LogP contribution in [0, 0.1) is 22.9 Å². The molecule has 0 fully saturated rings. The summed E-state index contributed by atoms with van der Waals surface area (Å²) in [5.41, 5.74) is -0.334. The zero-order chi connectivity index (χ0) is 15.6. The largest absolute Gasteiger partial charge is 0.479 e. The van der Waals surface area contributed by atoms with Gasteiger partial charge in [0.15, 0.2) is 6.04 Å². The zero-order valence-corrected chi connectivity index (χ0v) is 11.7. The second-order valence-corrected chi connectivity index (χ2v) is 5.29. The molecule has 0 aliphatic heterocycles. The quantitative estimate of drug-likeness (QED) is 0.652. The smallest absolute Gasteiger partial charge is 0.331 e. The first-order chi connectivity index (χ1) is 9.90. The molecule has 0 aliphatic carbocycles. The molecule has 0 saturated heterocycles. The molecule has 0 saturated carbocycles. The standard InChI is InChI=1S/C13H11FN2O4S/c1-7-5-9(10(16(19)20)6-8(7)14)15-12(13(17)18)11-3-2-4-21-11/h2-6,12,15H,1H3,(H,17,18). The van der Waals surface area contributed by atoms with Gasteiger partial charge in [0.05, 0.1) is 11.0 Å². The van der Waals surface area contributed by atoms with Gasteiger partial charge in [0, 0.05) is 4.88 Å². The van der Waals surface area contributed by atoms with Crippen LogP contribution in [0.1, 0.15) is 16.5 Å². The van der Waals surface area contributed by atoms with Crippen LogP contribution < -0.4 is 5.32 Å². The molecule has 110 valence electrons. The minimum atomic E-state index is -1.17. The second-order valence-electron chi connectivity index (χ2n) is 4.31. The molecule has 8 heteroatoms. The van der Waals surface area contributed by atoms with Crippen LogP contribution in [0.2, 0.25) is 0 Å². The summed E-state index contributed by atoms with van der Waals surface area (Å²) in [6.07, 6.45) is 0. The Morgan fingerprint density at radius 2 is 2.24 bits per heavy atom. The molecular weight excluding hydrogens is 299 g/mol. The molecular formula is C13H11FN2O4S. The molecule has 0 amide bonds. The fraction of sp³-hybridized carbons (Fsp3) is 0.154. The van der Waals surface area contributed by atoms with Crippen molar-refractivity contribution in [1.29, 1.82) is 0 Å². The molecule has 0 spiro atoms. The van der Waals surface area contributed by atoms with E-state index in [0.29, 0.717) is 4.88 Å². The van der Waals surface area contributed by atoms with Gasteiger partial charge >= 0.3 is 5.97 Å². The third kappa shape index (κ3) is 3.16. The number of benzene rings is 1. The predicted molar refractivity (Wildman–Crippen MR) is 76.1 cm³/mol. The van der Waals surface area contributed by atoms with E-state index in [2.05, 4.69) is 5.32 Å². The third-order valence-electron chi connectivity index (χ3n) is 2.85. The zero-order valence-electron chi connectivity index (χ0n) is 10.9. The molecule has 1 aromatic carbocycles. The molecule has 1 heterocycles. The lowest BCUT2D eigenvalue weighted by Gasteiger charge is -2.15. The Morgan fingerprint density at radius 3 is 2.76 bits per heavy atom. The van der Waals surface area contributed by atoms with Crippen LogP contribution >= 0.6 is 11.3 Å². The minimum absolute atomic E-state index is 0.0281. The van der Waals surface area contributed by atoms with Crippen molar-refractivity contribution in [3.63, 3.8) is 0 Å². The van der Waals surface area contributed by atoms with Crippen molar-refractivity contribution in [1.82, 2.24) is 0 Å².